The lowest BCUT2D eigenvalue weighted by molar-refractivity contribution is -0.132. The number of anilines is 1. The predicted molar refractivity (Wildman–Crippen MR) is 134 cm³/mol. The molecule has 1 aliphatic heterocycles. The fourth-order valence-electron chi connectivity index (χ4n) is 4.32. The molecule has 2 aromatic heterocycles. The second-order valence-corrected chi connectivity index (χ2v) is 9.92. The molecule has 9 heteroatoms. The number of ether oxygens (including phenoxy) is 1. The molecule has 0 saturated heterocycles. The molecule has 0 radical (unpaired) electrons. The van der Waals surface area contributed by atoms with Gasteiger partial charge in [-0.2, -0.15) is 5.26 Å². The van der Waals surface area contributed by atoms with Crippen LogP contribution in [0.15, 0.2) is 36.8 Å². The van der Waals surface area contributed by atoms with Gasteiger partial charge in [0.15, 0.2) is 0 Å². The summed E-state index contributed by atoms with van der Waals surface area (Å²) < 4.78 is 7.20. The van der Waals surface area contributed by atoms with E-state index >= 15 is 0 Å². The van der Waals surface area contributed by atoms with E-state index in [0.717, 1.165) is 27.4 Å². The van der Waals surface area contributed by atoms with Crippen molar-refractivity contribution >= 4 is 28.2 Å². The first-order valence-corrected chi connectivity index (χ1v) is 12.4. The zero-order valence-electron chi connectivity index (χ0n) is 20.2. The van der Waals surface area contributed by atoms with Crippen LogP contribution in [0.3, 0.4) is 0 Å². The van der Waals surface area contributed by atoms with E-state index in [1.165, 1.54) is 11.3 Å². The molecule has 1 aliphatic rings. The zero-order valence-corrected chi connectivity index (χ0v) is 21.0. The first kappa shape index (κ1) is 24.5. The summed E-state index contributed by atoms with van der Waals surface area (Å²) in [6.07, 6.45) is 4.96. The van der Waals surface area contributed by atoms with Crippen LogP contribution in [0.5, 0.6) is 5.75 Å². The van der Waals surface area contributed by atoms with E-state index in [4.69, 9.17) is 4.74 Å². The van der Waals surface area contributed by atoms with Gasteiger partial charge in [-0.3, -0.25) is 9.59 Å². The molecule has 0 spiro atoms. The number of carbonyl (C=O) groups is 2. The maximum atomic E-state index is 12.8. The number of aromatic nitrogens is 2. The Hall–Kier alpha value is -3.64. The molecule has 4 rings (SSSR count). The highest BCUT2D eigenvalue weighted by molar-refractivity contribution is 7.16. The number of nitriles is 1. The van der Waals surface area contributed by atoms with Crippen molar-refractivity contribution in [3.05, 3.63) is 64.1 Å². The van der Waals surface area contributed by atoms with Crippen LogP contribution in [-0.4, -0.2) is 39.9 Å². The van der Waals surface area contributed by atoms with Crippen molar-refractivity contribution in [1.29, 1.82) is 5.26 Å². The van der Waals surface area contributed by atoms with Crippen LogP contribution >= 0.6 is 11.3 Å². The Bertz CT molecular complexity index is 1270. The lowest BCUT2D eigenvalue weighted by Gasteiger charge is -2.27. The Labute approximate surface area is 209 Å². The van der Waals surface area contributed by atoms with Gasteiger partial charge >= 0.3 is 0 Å². The van der Waals surface area contributed by atoms with Crippen molar-refractivity contribution in [1.82, 2.24) is 14.5 Å². The summed E-state index contributed by atoms with van der Waals surface area (Å²) in [5.74, 6) is 0.690. The SMILES string of the molecule is COc1cccc(C(C)CC(=O)Nc2sc3c(c2C#N)CCN(C(=O)CCn2cnc(C)c2)C3)c1. The van der Waals surface area contributed by atoms with E-state index in [-0.39, 0.29) is 17.7 Å². The van der Waals surface area contributed by atoms with Crippen molar-refractivity contribution < 1.29 is 14.3 Å². The van der Waals surface area contributed by atoms with Gasteiger partial charge in [-0.05, 0) is 42.5 Å². The molecule has 35 heavy (non-hydrogen) atoms. The molecule has 0 bridgehead atoms. The second-order valence-electron chi connectivity index (χ2n) is 8.82. The summed E-state index contributed by atoms with van der Waals surface area (Å²) in [6, 6.07) is 9.96. The van der Waals surface area contributed by atoms with Gasteiger partial charge in [-0.15, -0.1) is 11.3 Å². The van der Waals surface area contributed by atoms with E-state index in [1.807, 2.05) is 53.8 Å². The summed E-state index contributed by atoms with van der Waals surface area (Å²) >= 11 is 1.40. The average molecular weight is 492 g/mol. The first-order chi connectivity index (χ1) is 16.9. The summed E-state index contributed by atoms with van der Waals surface area (Å²) in [5.41, 5.74) is 3.41. The van der Waals surface area contributed by atoms with Crippen molar-refractivity contribution in [2.24, 2.45) is 0 Å². The monoisotopic (exact) mass is 491 g/mol. The number of imidazole rings is 1. The standard InChI is InChI=1S/C26H29N5O3S/c1-17(19-5-4-6-20(12-19)34-3)11-24(32)29-26-22(13-27)21-7-10-31(15-23(21)35-26)25(33)8-9-30-14-18(2)28-16-30/h4-6,12,14,16-17H,7-11,15H2,1-3H3,(H,29,32). The molecule has 0 aliphatic carbocycles. The Kier molecular flexibility index (Phi) is 7.51. The smallest absolute Gasteiger partial charge is 0.225 e. The number of aryl methyl sites for hydroxylation is 2. The van der Waals surface area contributed by atoms with Gasteiger partial charge in [-0.1, -0.05) is 19.1 Å². The molecule has 0 saturated carbocycles. The highest BCUT2D eigenvalue weighted by atomic mass is 32.1. The average Bonchev–Trinajstić information content (AvgIpc) is 3.43. The van der Waals surface area contributed by atoms with Crippen molar-refractivity contribution in [2.75, 3.05) is 19.0 Å². The van der Waals surface area contributed by atoms with Gasteiger partial charge < -0.3 is 19.5 Å². The minimum Gasteiger partial charge on any atom is -0.497 e. The first-order valence-electron chi connectivity index (χ1n) is 11.6. The van der Waals surface area contributed by atoms with E-state index in [0.29, 0.717) is 49.5 Å². The van der Waals surface area contributed by atoms with Gasteiger partial charge in [0.2, 0.25) is 11.8 Å². The Morgan fingerprint density at radius 3 is 2.91 bits per heavy atom. The van der Waals surface area contributed by atoms with Crippen LogP contribution < -0.4 is 10.1 Å². The molecule has 3 aromatic rings. The summed E-state index contributed by atoms with van der Waals surface area (Å²) in [5, 5.41) is 13.3. The van der Waals surface area contributed by atoms with Crippen LogP contribution in [0.4, 0.5) is 5.00 Å². The lowest BCUT2D eigenvalue weighted by Crippen LogP contribution is -2.35. The van der Waals surface area contributed by atoms with Crippen LogP contribution in [0.2, 0.25) is 0 Å². The van der Waals surface area contributed by atoms with Crippen molar-refractivity contribution in [3.8, 4) is 11.8 Å². The van der Waals surface area contributed by atoms with Gasteiger partial charge in [-0.25, -0.2) is 4.98 Å². The molecule has 182 valence electrons. The molecule has 1 unspecified atom stereocenters. The molecular weight excluding hydrogens is 462 g/mol. The third-order valence-corrected chi connectivity index (χ3v) is 7.41. The number of rotatable bonds is 8. The number of benzene rings is 1. The molecule has 2 amide bonds. The Morgan fingerprint density at radius 1 is 1.37 bits per heavy atom. The van der Waals surface area contributed by atoms with Crippen LogP contribution in [0, 0.1) is 18.3 Å². The van der Waals surface area contributed by atoms with Crippen molar-refractivity contribution in [3.63, 3.8) is 0 Å². The number of amides is 2. The number of fused-ring (bicyclic) bond motifs is 1. The zero-order chi connectivity index (χ0) is 24.9. The van der Waals surface area contributed by atoms with Crippen LogP contribution in [0.1, 0.15) is 52.9 Å². The number of hydrogen-bond acceptors (Lipinski definition) is 6. The molecule has 3 heterocycles. The van der Waals surface area contributed by atoms with Crippen LogP contribution in [0.25, 0.3) is 0 Å². The maximum absolute atomic E-state index is 12.8. The molecule has 1 atom stereocenters. The van der Waals surface area contributed by atoms with Gasteiger partial charge in [0.05, 0.1) is 31.2 Å². The Balaban J connectivity index is 1.39. The predicted octanol–water partition coefficient (Wildman–Crippen LogP) is 4.24. The molecule has 0 fully saturated rings. The minimum atomic E-state index is -0.140. The lowest BCUT2D eigenvalue weighted by atomic mass is 9.97. The topological polar surface area (TPSA) is 100 Å². The number of nitrogens with one attached hydrogen (secondary N) is 1. The number of nitrogens with zero attached hydrogens (tertiary/aromatic N) is 4. The number of methoxy groups -OCH3 is 1. The minimum absolute atomic E-state index is 0.00220. The number of thiophene rings is 1. The third-order valence-electron chi connectivity index (χ3n) is 6.27. The van der Waals surface area contributed by atoms with Gasteiger partial charge in [0, 0.05) is 37.0 Å². The summed E-state index contributed by atoms with van der Waals surface area (Å²) in [4.78, 5) is 32.6. The van der Waals surface area contributed by atoms with E-state index in [9.17, 15) is 14.9 Å². The van der Waals surface area contributed by atoms with Crippen molar-refractivity contribution in [2.45, 2.75) is 52.1 Å². The van der Waals surface area contributed by atoms with Gasteiger partial charge in [0.1, 0.15) is 16.8 Å². The molecule has 1 aromatic carbocycles. The number of carbonyl (C=O) groups excluding carboxylic acids is 2. The van der Waals surface area contributed by atoms with Gasteiger partial charge in [0.25, 0.3) is 0 Å². The third kappa shape index (κ3) is 5.72. The summed E-state index contributed by atoms with van der Waals surface area (Å²) in [7, 11) is 1.62. The maximum Gasteiger partial charge on any atom is 0.225 e. The largest absolute Gasteiger partial charge is 0.497 e. The van der Waals surface area contributed by atoms with Crippen LogP contribution in [-0.2, 0) is 29.1 Å². The highest BCUT2D eigenvalue weighted by Gasteiger charge is 2.27. The fourth-order valence-corrected chi connectivity index (χ4v) is 5.55. The normalized spacial score (nSPS) is 13.6. The second kappa shape index (κ2) is 10.7. The molecule has 1 N–H and O–H groups in total. The fraction of sp³-hybridized carbons (Fsp3) is 0.385. The van der Waals surface area contributed by atoms with E-state index < -0.39 is 0 Å². The molecule has 8 nitrogen and oxygen atoms in total. The quantitative estimate of drug-likeness (QED) is 0.508. The number of hydrogen-bond donors (Lipinski definition) is 1. The summed E-state index contributed by atoms with van der Waals surface area (Å²) in [6.45, 7) is 5.54. The van der Waals surface area contributed by atoms with E-state index in [2.05, 4.69) is 16.4 Å². The molecular formula is C26H29N5O3S. The highest BCUT2D eigenvalue weighted by Crippen LogP contribution is 2.37. The Morgan fingerprint density at radius 2 is 2.20 bits per heavy atom. The van der Waals surface area contributed by atoms with E-state index in [1.54, 1.807) is 13.4 Å².